The van der Waals surface area contributed by atoms with Crippen molar-refractivity contribution < 1.29 is 0 Å². The second-order valence-electron chi connectivity index (χ2n) is 2.49. The maximum atomic E-state index is 3.65. The topological polar surface area (TPSA) is 0 Å². The molecule has 0 unspecified atom stereocenters. The van der Waals surface area contributed by atoms with E-state index in [2.05, 4.69) is 33.4 Å². The van der Waals surface area contributed by atoms with E-state index in [4.69, 9.17) is 0 Å². The third kappa shape index (κ3) is 7.38. The Bertz CT molecular complexity index is 107. The minimum absolute atomic E-state index is 0.674. The second-order valence-corrected chi connectivity index (χ2v) is 2.49. The lowest BCUT2D eigenvalue weighted by Crippen LogP contribution is -1.90. The third-order valence-corrected chi connectivity index (χ3v) is 1.48. The Kier molecular flexibility index (Phi) is 11.3. The molecule has 0 amide bonds. The van der Waals surface area contributed by atoms with Gasteiger partial charge < -0.3 is 0 Å². The summed E-state index contributed by atoms with van der Waals surface area (Å²) in [4.78, 5) is 0. The first kappa shape index (κ1) is 13.1. The molecule has 66 valence electrons. The van der Waals surface area contributed by atoms with E-state index in [0.29, 0.717) is 5.92 Å². The highest BCUT2D eigenvalue weighted by Gasteiger charge is 1.96. The van der Waals surface area contributed by atoms with Crippen LogP contribution in [0, 0.1) is 5.92 Å². The van der Waals surface area contributed by atoms with E-state index in [1.807, 2.05) is 19.9 Å². The minimum atomic E-state index is 0.674. The number of hydrogen-bond donors (Lipinski definition) is 0. The van der Waals surface area contributed by atoms with E-state index in [1.165, 1.54) is 5.57 Å². The Morgan fingerprint density at radius 3 is 1.91 bits per heavy atom. The highest BCUT2D eigenvalue weighted by atomic mass is 14.0. The molecule has 0 saturated heterocycles. The van der Waals surface area contributed by atoms with Gasteiger partial charge in [0.2, 0.25) is 0 Å². The Morgan fingerprint density at radius 1 is 1.36 bits per heavy atom. The van der Waals surface area contributed by atoms with Gasteiger partial charge >= 0.3 is 0 Å². The van der Waals surface area contributed by atoms with Crippen molar-refractivity contribution in [1.82, 2.24) is 0 Å². The predicted octanol–water partition coefficient (Wildman–Crippen LogP) is 4.19. The molecule has 0 saturated carbocycles. The molecule has 0 spiro atoms. The lowest BCUT2D eigenvalue weighted by Gasteiger charge is -2.05. The highest BCUT2D eigenvalue weighted by molar-refractivity contribution is 5.11. The molecule has 0 fully saturated rings. The van der Waals surface area contributed by atoms with E-state index >= 15 is 0 Å². The molecule has 0 aliphatic heterocycles. The van der Waals surface area contributed by atoms with Gasteiger partial charge in [-0.05, 0) is 12.3 Å². The van der Waals surface area contributed by atoms with Crippen LogP contribution in [0.5, 0.6) is 0 Å². The van der Waals surface area contributed by atoms with Crippen molar-refractivity contribution in [3.63, 3.8) is 0 Å². The fraction of sp³-hybridized carbons (Fsp3) is 0.636. The van der Waals surface area contributed by atoms with Crippen molar-refractivity contribution in [2.75, 3.05) is 0 Å². The molecule has 0 aromatic rings. The predicted molar refractivity (Wildman–Crippen MR) is 54.8 cm³/mol. The van der Waals surface area contributed by atoms with Crippen LogP contribution in [0.15, 0.2) is 24.3 Å². The molecule has 0 aliphatic carbocycles. The van der Waals surface area contributed by atoms with Gasteiger partial charge in [0.1, 0.15) is 0 Å². The third-order valence-electron chi connectivity index (χ3n) is 1.48. The average Bonchev–Trinajstić information content (AvgIpc) is 2.03. The summed E-state index contributed by atoms with van der Waals surface area (Å²) >= 11 is 0. The molecule has 0 aromatic heterocycles. The van der Waals surface area contributed by atoms with Gasteiger partial charge in [-0.25, -0.2) is 0 Å². The summed E-state index contributed by atoms with van der Waals surface area (Å²) < 4.78 is 0. The van der Waals surface area contributed by atoms with Gasteiger partial charge in [-0.2, -0.15) is 0 Å². The van der Waals surface area contributed by atoms with Crippen molar-refractivity contribution in [3.05, 3.63) is 24.3 Å². The molecule has 0 atom stereocenters. The lowest BCUT2D eigenvalue weighted by atomic mass is 10.0. The monoisotopic (exact) mass is 154 g/mol. The summed E-state index contributed by atoms with van der Waals surface area (Å²) in [5.74, 6) is 0.674. The molecule has 11 heavy (non-hydrogen) atoms. The molecule has 0 heterocycles. The van der Waals surface area contributed by atoms with Crippen LogP contribution in [-0.2, 0) is 0 Å². The minimum Gasteiger partial charge on any atom is -0.0991 e. The van der Waals surface area contributed by atoms with E-state index in [1.54, 1.807) is 0 Å². The zero-order valence-electron chi connectivity index (χ0n) is 8.65. The van der Waals surface area contributed by atoms with Crippen LogP contribution in [0.1, 0.15) is 41.0 Å². The van der Waals surface area contributed by atoms with E-state index < -0.39 is 0 Å². The van der Waals surface area contributed by atoms with Gasteiger partial charge in [-0.1, -0.05) is 58.9 Å². The summed E-state index contributed by atoms with van der Waals surface area (Å²) in [6.45, 7) is 14.2. The van der Waals surface area contributed by atoms with E-state index in [0.717, 1.165) is 6.42 Å². The fourth-order valence-electron chi connectivity index (χ4n) is 0.870. The van der Waals surface area contributed by atoms with Crippen LogP contribution < -0.4 is 0 Å². The lowest BCUT2D eigenvalue weighted by molar-refractivity contribution is 0.732. The van der Waals surface area contributed by atoms with Gasteiger partial charge in [0.25, 0.3) is 0 Å². The normalized spacial score (nSPS) is 10.5. The maximum Gasteiger partial charge on any atom is -0.0257 e. The first-order valence-electron chi connectivity index (χ1n) is 4.53. The van der Waals surface area contributed by atoms with Gasteiger partial charge in [0.05, 0.1) is 0 Å². The van der Waals surface area contributed by atoms with E-state index in [9.17, 15) is 0 Å². The standard InChI is InChI=1S/C9H16.C2H6/c1-5-7-9(6-2)8(3)4;1-2/h5,7-8H,1,6H2,2-4H3;1-2H3/b9-7+;. The molecule has 0 rings (SSSR count). The van der Waals surface area contributed by atoms with Gasteiger partial charge in [0.15, 0.2) is 0 Å². The van der Waals surface area contributed by atoms with Crippen molar-refractivity contribution in [3.8, 4) is 0 Å². The molecule has 0 aliphatic rings. The first-order chi connectivity index (χ1) is 5.22. The van der Waals surface area contributed by atoms with Crippen LogP contribution in [0.2, 0.25) is 0 Å². The molecule has 0 N–H and O–H groups in total. The molecule has 0 nitrogen and oxygen atoms in total. The average molecular weight is 154 g/mol. The number of rotatable bonds is 3. The largest absolute Gasteiger partial charge is 0.0991 e. The molecule has 0 aromatic carbocycles. The SMILES string of the molecule is C=C/C=C(\CC)C(C)C.CC. The van der Waals surface area contributed by atoms with Crippen LogP contribution in [-0.4, -0.2) is 0 Å². The Hall–Kier alpha value is -0.520. The molecular weight excluding hydrogens is 132 g/mol. The smallest absolute Gasteiger partial charge is 0.0257 e. The second kappa shape index (κ2) is 9.48. The molecule has 0 heteroatoms. The van der Waals surface area contributed by atoms with Crippen LogP contribution in [0.3, 0.4) is 0 Å². The summed E-state index contributed by atoms with van der Waals surface area (Å²) in [5.41, 5.74) is 1.48. The zero-order valence-corrected chi connectivity index (χ0v) is 8.65. The summed E-state index contributed by atoms with van der Waals surface area (Å²) in [5, 5.41) is 0. The Balaban J connectivity index is 0. The van der Waals surface area contributed by atoms with Crippen molar-refractivity contribution in [2.24, 2.45) is 5.92 Å². The highest BCUT2D eigenvalue weighted by Crippen LogP contribution is 2.12. The quantitative estimate of drug-likeness (QED) is 0.535. The van der Waals surface area contributed by atoms with Crippen molar-refractivity contribution in [1.29, 1.82) is 0 Å². The number of hydrogen-bond acceptors (Lipinski definition) is 0. The summed E-state index contributed by atoms with van der Waals surface area (Å²) in [6, 6.07) is 0. The summed E-state index contributed by atoms with van der Waals surface area (Å²) in [6.07, 6.45) is 5.10. The summed E-state index contributed by atoms with van der Waals surface area (Å²) in [7, 11) is 0. The van der Waals surface area contributed by atoms with Crippen molar-refractivity contribution >= 4 is 0 Å². The molecule has 0 radical (unpaired) electrons. The van der Waals surface area contributed by atoms with Gasteiger partial charge in [-0.3, -0.25) is 0 Å². The maximum absolute atomic E-state index is 3.65. The fourth-order valence-corrected chi connectivity index (χ4v) is 0.870. The number of allylic oxidation sites excluding steroid dienone is 3. The van der Waals surface area contributed by atoms with Crippen LogP contribution >= 0.6 is 0 Å². The first-order valence-corrected chi connectivity index (χ1v) is 4.53. The van der Waals surface area contributed by atoms with Gasteiger partial charge in [0, 0.05) is 0 Å². The Morgan fingerprint density at radius 2 is 1.82 bits per heavy atom. The zero-order chi connectivity index (χ0) is 9.28. The molecular formula is C11H22. The van der Waals surface area contributed by atoms with Crippen LogP contribution in [0.25, 0.3) is 0 Å². The molecule has 0 bridgehead atoms. The van der Waals surface area contributed by atoms with Crippen molar-refractivity contribution in [2.45, 2.75) is 41.0 Å². The van der Waals surface area contributed by atoms with Gasteiger partial charge in [-0.15, -0.1) is 0 Å². The Labute approximate surface area is 72.0 Å². The van der Waals surface area contributed by atoms with E-state index in [-0.39, 0.29) is 0 Å². The van der Waals surface area contributed by atoms with Crippen LogP contribution in [0.4, 0.5) is 0 Å².